The maximum absolute atomic E-state index is 5.70. The molecule has 0 fully saturated rings. The van der Waals surface area contributed by atoms with E-state index in [0.717, 1.165) is 17.2 Å². The number of thioether (sulfide) groups is 1. The topological polar surface area (TPSA) is 69.6 Å². The number of aryl methyl sites for hydroxylation is 2. The van der Waals surface area contributed by atoms with Crippen molar-refractivity contribution in [1.29, 1.82) is 0 Å². The lowest BCUT2D eigenvalue weighted by Gasteiger charge is -2.03. The van der Waals surface area contributed by atoms with Crippen LogP contribution in [0.5, 0.6) is 0 Å². The minimum Gasteiger partial charge on any atom is -0.381 e. The van der Waals surface area contributed by atoms with Crippen molar-refractivity contribution in [2.24, 2.45) is 7.05 Å². The van der Waals surface area contributed by atoms with Gasteiger partial charge in [0.05, 0.1) is 0 Å². The number of anilines is 1. The molecule has 0 bridgehead atoms. The van der Waals surface area contributed by atoms with Crippen molar-refractivity contribution < 1.29 is 0 Å². The van der Waals surface area contributed by atoms with Crippen LogP contribution in [0.2, 0.25) is 0 Å². The summed E-state index contributed by atoms with van der Waals surface area (Å²) >= 11 is 1.61. The van der Waals surface area contributed by atoms with Crippen LogP contribution in [-0.2, 0) is 13.5 Å². The fourth-order valence-electron chi connectivity index (χ4n) is 1.35. The van der Waals surface area contributed by atoms with E-state index in [2.05, 4.69) is 15.1 Å². The normalized spacial score (nSPS) is 10.6. The molecule has 6 heteroatoms. The van der Waals surface area contributed by atoms with Gasteiger partial charge in [-0.2, -0.15) is 5.10 Å². The molecule has 0 unspecified atom stereocenters. The molecular formula is C10H13N5S. The minimum atomic E-state index is 0.498. The van der Waals surface area contributed by atoms with Gasteiger partial charge in [-0.15, -0.1) is 11.8 Å². The number of hydrogen-bond acceptors (Lipinski definition) is 5. The largest absolute Gasteiger partial charge is 0.381 e. The molecule has 0 aliphatic rings. The lowest BCUT2D eigenvalue weighted by molar-refractivity contribution is 0.719. The third-order valence-electron chi connectivity index (χ3n) is 2.21. The third-order valence-corrected chi connectivity index (χ3v) is 3.21. The highest BCUT2D eigenvalue weighted by Crippen LogP contribution is 2.20. The van der Waals surface area contributed by atoms with Gasteiger partial charge in [-0.05, 0) is 12.5 Å². The van der Waals surface area contributed by atoms with Crippen molar-refractivity contribution in [3.05, 3.63) is 30.4 Å². The van der Waals surface area contributed by atoms with Crippen LogP contribution in [0.4, 0.5) is 5.82 Å². The molecule has 16 heavy (non-hydrogen) atoms. The Morgan fingerprint density at radius 2 is 2.12 bits per heavy atom. The first-order chi connectivity index (χ1) is 7.77. The summed E-state index contributed by atoms with van der Waals surface area (Å²) < 4.78 is 1.88. The van der Waals surface area contributed by atoms with Crippen molar-refractivity contribution in [3.63, 3.8) is 0 Å². The highest BCUT2D eigenvalue weighted by molar-refractivity contribution is 7.99. The summed E-state index contributed by atoms with van der Waals surface area (Å²) in [5, 5.41) is 4.91. The van der Waals surface area contributed by atoms with Crippen molar-refractivity contribution in [1.82, 2.24) is 19.7 Å². The summed E-state index contributed by atoms with van der Waals surface area (Å²) in [6, 6.07) is 2.01. The molecule has 0 saturated heterocycles. The summed E-state index contributed by atoms with van der Waals surface area (Å²) in [7, 11) is 1.94. The van der Waals surface area contributed by atoms with Gasteiger partial charge < -0.3 is 5.73 Å². The Hall–Kier alpha value is -1.56. The van der Waals surface area contributed by atoms with Crippen LogP contribution in [0.3, 0.4) is 0 Å². The van der Waals surface area contributed by atoms with Crippen LogP contribution < -0.4 is 5.73 Å². The number of aromatic nitrogens is 4. The van der Waals surface area contributed by atoms with Crippen LogP contribution >= 0.6 is 11.8 Å². The molecule has 2 N–H and O–H groups in total. The molecule has 0 spiro atoms. The SMILES string of the molecule is Cn1nccc1CCSc1nccnc1N. The predicted octanol–water partition coefficient (Wildman–Crippen LogP) is 1.13. The van der Waals surface area contributed by atoms with E-state index >= 15 is 0 Å². The third kappa shape index (κ3) is 2.52. The number of hydrogen-bond donors (Lipinski definition) is 1. The van der Waals surface area contributed by atoms with Crippen LogP contribution in [0, 0.1) is 0 Å². The van der Waals surface area contributed by atoms with Crippen LogP contribution in [-0.4, -0.2) is 25.5 Å². The standard InChI is InChI=1S/C10H13N5S/c1-15-8(2-4-14-15)3-7-16-10-9(11)12-5-6-13-10/h2,4-6H,3,7H2,1H3,(H2,11,12). The first kappa shape index (κ1) is 10.9. The van der Waals surface area contributed by atoms with Gasteiger partial charge in [-0.1, -0.05) is 0 Å². The van der Waals surface area contributed by atoms with Crippen LogP contribution in [0.25, 0.3) is 0 Å². The molecule has 0 amide bonds. The van der Waals surface area contributed by atoms with Gasteiger partial charge in [0.1, 0.15) is 5.03 Å². The maximum atomic E-state index is 5.70. The van der Waals surface area contributed by atoms with Crippen molar-refractivity contribution in [2.45, 2.75) is 11.4 Å². The van der Waals surface area contributed by atoms with E-state index in [0.29, 0.717) is 5.82 Å². The van der Waals surface area contributed by atoms with Gasteiger partial charge >= 0.3 is 0 Å². The maximum Gasteiger partial charge on any atom is 0.156 e. The molecule has 0 radical (unpaired) electrons. The Kier molecular flexibility index (Phi) is 3.40. The molecule has 84 valence electrons. The second-order valence-corrected chi connectivity index (χ2v) is 4.37. The van der Waals surface area contributed by atoms with Crippen LogP contribution in [0.15, 0.2) is 29.7 Å². The highest BCUT2D eigenvalue weighted by Gasteiger charge is 2.03. The van der Waals surface area contributed by atoms with E-state index in [4.69, 9.17) is 5.73 Å². The van der Waals surface area contributed by atoms with Gasteiger partial charge in [0, 0.05) is 37.1 Å². The number of rotatable bonds is 4. The lowest BCUT2D eigenvalue weighted by atomic mass is 10.3. The fraction of sp³-hybridized carbons (Fsp3) is 0.300. The van der Waals surface area contributed by atoms with Crippen molar-refractivity contribution >= 4 is 17.6 Å². The van der Waals surface area contributed by atoms with E-state index in [1.165, 1.54) is 5.69 Å². The van der Waals surface area contributed by atoms with Gasteiger partial charge in [0.2, 0.25) is 0 Å². The Morgan fingerprint density at radius 1 is 1.31 bits per heavy atom. The zero-order valence-electron chi connectivity index (χ0n) is 9.00. The van der Waals surface area contributed by atoms with Gasteiger partial charge in [0.15, 0.2) is 5.82 Å². The minimum absolute atomic E-state index is 0.498. The van der Waals surface area contributed by atoms with E-state index in [9.17, 15) is 0 Å². The number of nitrogens with zero attached hydrogens (tertiary/aromatic N) is 4. The first-order valence-corrected chi connectivity index (χ1v) is 5.92. The second-order valence-electron chi connectivity index (χ2n) is 3.29. The Balaban J connectivity index is 1.89. The molecule has 0 aromatic carbocycles. The molecule has 2 aromatic rings. The number of nitrogen functional groups attached to an aromatic ring is 1. The fourth-order valence-corrected chi connectivity index (χ4v) is 2.19. The Labute approximate surface area is 98.1 Å². The van der Waals surface area contributed by atoms with E-state index in [-0.39, 0.29) is 0 Å². The van der Waals surface area contributed by atoms with Crippen molar-refractivity contribution in [3.8, 4) is 0 Å². The first-order valence-electron chi connectivity index (χ1n) is 4.93. The average Bonchev–Trinajstić information content (AvgIpc) is 2.67. The number of nitrogens with two attached hydrogens (primary N) is 1. The molecule has 2 rings (SSSR count). The van der Waals surface area contributed by atoms with Gasteiger partial charge in [-0.25, -0.2) is 9.97 Å². The molecule has 0 aliphatic carbocycles. The lowest BCUT2D eigenvalue weighted by Crippen LogP contribution is -2.00. The van der Waals surface area contributed by atoms with Gasteiger partial charge in [0.25, 0.3) is 0 Å². The summed E-state index contributed by atoms with van der Waals surface area (Å²) in [6.45, 7) is 0. The molecule has 5 nitrogen and oxygen atoms in total. The summed E-state index contributed by atoms with van der Waals surface area (Å²) in [5.41, 5.74) is 6.90. The quantitative estimate of drug-likeness (QED) is 0.804. The Morgan fingerprint density at radius 3 is 2.81 bits per heavy atom. The van der Waals surface area contributed by atoms with Crippen molar-refractivity contribution in [2.75, 3.05) is 11.5 Å². The second kappa shape index (κ2) is 4.98. The molecule has 0 saturated carbocycles. The molecule has 2 heterocycles. The molecule has 0 aliphatic heterocycles. The zero-order valence-corrected chi connectivity index (χ0v) is 9.81. The zero-order chi connectivity index (χ0) is 11.4. The average molecular weight is 235 g/mol. The molecule has 0 atom stereocenters. The highest BCUT2D eigenvalue weighted by atomic mass is 32.2. The van der Waals surface area contributed by atoms with Gasteiger partial charge in [-0.3, -0.25) is 4.68 Å². The summed E-state index contributed by atoms with van der Waals surface area (Å²) in [5.74, 6) is 1.42. The summed E-state index contributed by atoms with van der Waals surface area (Å²) in [4.78, 5) is 8.16. The van der Waals surface area contributed by atoms with E-state index < -0.39 is 0 Å². The van der Waals surface area contributed by atoms with E-state index in [1.54, 1.807) is 30.4 Å². The smallest absolute Gasteiger partial charge is 0.156 e. The predicted molar refractivity (Wildman–Crippen MR) is 64.1 cm³/mol. The van der Waals surface area contributed by atoms with Crippen LogP contribution in [0.1, 0.15) is 5.69 Å². The Bertz CT molecular complexity index is 468. The monoisotopic (exact) mass is 235 g/mol. The molecular weight excluding hydrogens is 222 g/mol. The van der Waals surface area contributed by atoms with E-state index in [1.807, 2.05) is 17.8 Å². The summed E-state index contributed by atoms with van der Waals surface area (Å²) in [6.07, 6.45) is 6.00. The molecule has 2 aromatic heterocycles.